The summed E-state index contributed by atoms with van der Waals surface area (Å²) in [4.78, 5) is 10.8. The smallest absolute Gasteiger partial charge is 0.339 e. The van der Waals surface area contributed by atoms with E-state index in [4.69, 9.17) is 5.11 Å². The van der Waals surface area contributed by atoms with Crippen molar-refractivity contribution in [2.75, 3.05) is 6.54 Å². The van der Waals surface area contributed by atoms with Crippen LogP contribution in [0.5, 0.6) is 0 Å². The van der Waals surface area contributed by atoms with E-state index in [1.807, 2.05) is 0 Å². The first-order valence-corrected chi connectivity index (χ1v) is 4.44. The second kappa shape index (κ2) is 4.59. The molecule has 0 radical (unpaired) electrons. The first-order chi connectivity index (χ1) is 6.70. The van der Waals surface area contributed by atoms with E-state index in [1.54, 1.807) is 6.07 Å². The van der Waals surface area contributed by atoms with E-state index < -0.39 is 11.8 Å². The second-order valence-electron chi connectivity index (χ2n) is 3.29. The van der Waals surface area contributed by atoms with Crippen LogP contribution in [0.1, 0.15) is 21.5 Å². The average molecular weight is 232 g/mol. The number of carbonyl (C=O) groups is 1. The third kappa shape index (κ3) is 2.11. The number of benzene rings is 1. The minimum Gasteiger partial charge on any atom is -0.478 e. The molecule has 2 N–H and O–H groups in total. The molecule has 1 aromatic rings. The van der Waals surface area contributed by atoms with Gasteiger partial charge in [0.25, 0.3) is 0 Å². The van der Waals surface area contributed by atoms with Gasteiger partial charge in [0.15, 0.2) is 0 Å². The van der Waals surface area contributed by atoms with Crippen molar-refractivity contribution in [2.45, 2.75) is 13.0 Å². The van der Waals surface area contributed by atoms with Crippen molar-refractivity contribution in [3.8, 4) is 0 Å². The number of aromatic carboxylic acids is 1. The monoisotopic (exact) mass is 231 g/mol. The number of halogens is 2. The van der Waals surface area contributed by atoms with Crippen molar-refractivity contribution in [2.24, 2.45) is 0 Å². The predicted octanol–water partition coefficient (Wildman–Crippen LogP) is 1.59. The van der Waals surface area contributed by atoms with Gasteiger partial charge in [-0.2, -0.15) is 0 Å². The van der Waals surface area contributed by atoms with Crippen LogP contribution in [0.25, 0.3) is 0 Å². The first kappa shape index (κ1) is 11.9. The topological polar surface area (TPSA) is 49.3 Å². The summed E-state index contributed by atoms with van der Waals surface area (Å²) in [6.45, 7) is 1.26. The molecule has 0 aliphatic carbocycles. The molecule has 0 unspecified atom stereocenters. The Bertz CT molecular complexity index is 395. The Kier molecular flexibility index (Phi) is 3.66. The molecule has 3 nitrogen and oxygen atoms in total. The zero-order chi connectivity index (χ0) is 10.1. The van der Waals surface area contributed by atoms with Crippen molar-refractivity contribution in [1.29, 1.82) is 0 Å². The average Bonchev–Trinajstić information content (AvgIpc) is 2.17. The Hall–Kier alpha value is -1.13. The zero-order valence-electron chi connectivity index (χ0n) is 7.92. The maximum absolute atomic E-state index is 13.2. The van der Waals surface area contributed by atoms with E-state index >= 15 is 0 Å². The molecule has 2 rings (SSSR count). The Labute approximate surface area is 92.7 Å². The quantitative estimate of drug-likeness (QED) is 0.772. The fourth-order valence-electron chi connectivity index (χ4n) is 1.77. The maximum Gasteiger partial charge on any atom is 0.339 e. The third-order valence-corrected chi connectivity index (χ3v) is 2.45. The molecule has 1 aromatic carbocycles. The molecule has 0 atom stereocenters. The highest BCUT2D eigenvalue weighted by Crippen LogP contribution is 2.21. The van der Waals surface area contributed by atoms with Crippen LogP contribution in [0, 0.1) is 5.82 Å². The Morgan fingerprint density at radius 1 is 1.47 bits per heavy atom. The van der Waals surface area contributed by atoms with Crippen molar-refractivity contribution in [3.63, 3.8) is 0 Å². The van der Waals surface area contributed by atoms with Crippen LogP contribution in [-0.4, -0.2) is 17.6 Å². The van der Waals surface area contributed by atoms with Gasteiger partial charge in [-0.25, -0.2) is 9.18 Å². The fraction of sp³-hybridized carbons (Fsp3) is 0.300. The standard InChI is InChI=1S/C10H10FNO2.ClH/c11-8-2-1-6-3-4-12-5-7(6)9(8)10(13)14;/h1-2,12H,3-5H2,(H,13,14);1H. The van der Waals surface area contributed by atoms with Crippen LogP contribution in [0.4, 0.5) is 4.39 Å². The van der Waals surface area contributed by atoms with Gasteiger partial charge in [-0.3, -0.25) is 0 Å². The lowest BCUT2D eigenvalue weighted by Crippen LogP contribution is -2.26. The van der Waals surface area contributed by atoms with E-state index in [-0.39, 0.29) is 18.0 Å². The molecule has 1 aliphatic rings. The molecular weight excluding hydrogens is 221 g/mol. The lowest BCUT2D eigenvalue weighted by Gasteiger charge is -2.18. The number of hydrogen-bond acceptors (Lipinski definition) is 2. The summed E-state index contributed by atoms with van der Waals surface area (Å²) >= 11 is 0. The van der Waals surface area contributed by atoms with Crippen LogP contribution < -0.4 is 5.32 Å². The van der Waals surface area contributed by atoms with Gasteiger partial charge in [-0.15, -0.1) is 12.4 Å². The summed E-state index contributed by atoms with van der Waals surface area (Å²) in [5.41, 5.74) is 1.33. The molecule has 0 fully saturated rings. The van der Waals surface area contributed by atoms with Gasteiger partial charge in [-0.1, -0.05) is 6.07 Å². The molecule has 0 saturated carbocycles. The van der Waals surface area contributed by atoms with Crippen LogP contribution in [0.3, 0.4) is 0 Å². The minimum atomic E-state index is -1.19. The number of rotatable bonds is 1. The van der Waals surface area contributed by atoms with Crippen molar-refractivity contribution in [3.05, 3.63) is 34.6 Å². The molecule has 0 spiro atoms. The lowest BCUT2D eigenvalue weighted by molar-refractivity contribution is 0.0690. The molecule has 0 saturated heterocycles. The maximum atomic E-state index is 13.2. The molecule has 82 valence electrons. The van der Waals surface area contributed by atoms with Crippen LogP contribution in [0.2, 0.25) is 0 Å². The van der Waals surface area contributed by atoms with Crippen LogP contribution in [-0.2, 0) is 13.0 Å². The normalized spacial score (nSPS) is 13.9. The second-order valence-corrected chi connectivity index (χ2v) is 3.29. The highest BCUT2D eigenvalue weighted by molar-refractivity contribution is 5.90. The number of nitrogens with one attached hydrogen (secondary N) is 1. The van der Waals surface area contributed by atoms with Gasteiger partial charge in [0.05, 0.1) is 5.56 Å². The number of carboxylic acids is 1. The Balaban J connectivity index is 0.00000112. The first-order valence-electron chi connectivity index (χ1n) is 4.44. The SMILES string of the molecule is Cl.O=C(O)c1c(F)ccc2c1CNCC2. The van der Waals surface area contributed by atoms with Crippen molar-refractivity contribution < 1.29 is 14.3 Å². The van der Waals surface area contributed by atoms with Gasteiger partial charge in [0.1, 0.15) is 5.82 Å². The van der Waals surface area contributed by atoms with Gasteiger partial charge < -0.3 is 10.4 Å². The summed E-state index contributed by atoms with van der Waals surface area (Å²) in [6, 6.07) is 2.89. The molecule has 15 heavy (non-hydrogen) atoms. The molecule has 1 heterocycles. The summed E-state index contributed by atoms with van der Waals surface area (Å²) in [6.07, 6.45) is 0.760. The lowest BCUT2D eigenvalue weighted by atomic mass is 9.95. The van der Waals surface area contributed by atoms with E-state index in [0.29, 0.717) is 12.1 Å². The Morgan fingerprint density at radius 3 is 2.87 bits per heavy atom. The zero-order valence-corrected chi connectivity index (χ0v) is 8.73. The fourth-order valence-corrected chi connectivity index (χ4v) is 1.77. The summed E-state index contributed by atoms with van der Waals surface area (Å²) in [5.74, 6) is -1.84. The van der Waals surface area contributed by atoms with Crippen LogP contribution >= 0.6 is 12.4 Å². The highest BCUT2D eigenvalue weighted by atomic mass is 35.5. The molecule has 5 heteroatoms. The summed E-state index contributed by atoms with van der Waals surface area (Å²) in [7, 11) is 0. The molecular formula is C10H11ClFNO2. The number of fused-ring (bicyclic) bond motifs is 1. The molecule has 0 bridgehead atoms. The third-order valence-electron chi connectivity index (χ3n) is 2.45. The van der Waals surface area contributed by atoms with E-state index in [0.717, 1.165) is 18.5 Å². The van der Waals surface area contributed by atoms with E-state index in [1.165, 1.54) is 6.07 Å². The Morgan fingerprint density at radius 2 is 2.20 bits per heavy atom. The number of carboxylic acid groups (broad SMARTS) is 1. The minimum absolute atomic E-state index is 0. The molecule has 0 amide bonds. The molecule has 0 aromatic heterocycles. The van der Waals surface area contributed by atoms with E-state index in [2.05, 4.69) is 5.32 Å². The van der Waals surface area contributed by atoms with Crippen LogP contribution in [0.15, 0.2) is 12.1 Å². The predicted molar refractivity (Wildman–Crippen MR) is 56.0 cm³/mol. The summed E-state index contributed by atoms with van der Waals surface area (Å²) in [5, 5.41) is 11.9. The van der Waals surface area contributed by atoms with E-state index in [9.17, 15) is 9.18 Å². The van der Waals surface area contributed by atoms with Crippen molar-refractivity contribution in [1.82, 2.24) is 5.32 Å². The van der Waals surface area contributed by atoms with Gasteiger partial charge in [-0.05, 0) is 30.2 Å². The van der Waals surface area contributed by atoms with Gasteiger partial charge in [0, 0.05) is 6.54 Å². The highest BCUT2D eigenvalue weighted by Gasteiger charge is 2.20. The van der Waals surface area contributed by atoms with Gasteiger partial charge in [0.2, 0.25) is 0 Å². The van der Waals surface area contributed by atoms with Crippen molar-refractivity contribution >= 4 is 18.4 Å². The number of hydrogen-bond donors (Lipinski definition) is 2. The largest absolute Gasteiger partial charge is 0.478 e. The molecule has 1 aliphatic heterocycles. The summed E-state index contributed by atoms with van der Waals surface area (Å²) < 4.78 is 13.2. The van der Waals surface area contributed by atoms with Gasteiger partial charge >= 0.3 is 5.97 Å².